The predicted molar refractivity (Wildman–Crippen MR) is 129 cm³/mol. The Labute approximate surface area is 193 Å². The number of nitrogens with one attached hydrogen (secondary N) is 2. The van der Waals surface area contributed by atoms with Crippen LogP contribution in [0.1, 0.15) is 63.9 Å². The van der Waals surface area contributed by atoms with Crippen LogP contribution in [0.2, 0.25) is 0 Å². The van der Waals surface area contributed by atoms with E-state index in [1.807, 2.05) is 0 Å². The Bertz CT molecular complexity index is 754. The van der Waals surface area contributed by atoms with Gasteiger partial charge < -0.3 is 20.3 Å². The van der Waals surface area contributed by atoms with Gasteiger partial charge in [0.2, 0.25) is 5.91 Å². The van der Waals surface area contributed by atoms with Gasteiger partial charge in [-0.25, -0.2) is 0 Å². The van der Waals surface area contributed by atoms with Gasteiger partial charge in [0.1, 0.15) is 0 Å². The van der Waals surface area contributed by atoms with E-state index >= 15 is 0 Å². The summed E-state index contributed by atoms with van der Waals surface area (Å²) in [6.45, 7) is 6.89. The van der Waals surface area contributed by atoms with Crippen LogP contribution in [0.25, 0.3) is 0 Å². The fraction of sp³-hybridized carbons (Fsp3) is 0.692. The minimum absolute atomic E-state index is 0.0283. The maximum Gasteiger partial charge on any atom is 0.225 e. The Hall–Kier alpha value is -2.08. The van der Waals surface area contributed by atoms with Crippen LogP contribution in [-0.4, -0.2) is 62.2 Å². The van der Waals surface area contributed by atoms with Crippen LogP contribution >= 0.6 is 0 Å². The number of likely N-dealkylation sites (tertiary alicyclic amines) is 1. The molecule has 1 amide bonds. The molecule has 1 unspecified atom stereocenters. The summed E-state index contributed by atoms with van der Waals surface area (Å²) in [7, 11) is 0. The summed E-state index contributed by atoms with van der Waals surface area (Å²) in [5, 5.41) is 7.06. The first-order valence-corrected chi connectivity index (χ1v) is 12.7. The third-order valence-corrected chi connectivity index (χ3v) is 7.52. The minimum atomic E-state index is 0.0283. The molecule has 1 aliphatic carbocycles. The van der Waals surface area contributed by atoms with E-state index in [9.17, 15) is 4.79 Å². The van der Waals surface area contributed by atoms with E-state index in [-0.39, 0.29) is 17.4 Å². The largest absolute Gasteiger partial charge is 0.381 e. The highest BCUT2D eigenvalue weighted by atomic mass is 16.5. The lowest BCUT2D eigenvalue weighted by atomic mass is 9.74. The van der Waals surface area contributed by atoms with Crippen LogP contribution in [0.4, 0.5) is 0 Å². The van der Waals surface area contributed by atoms with Crippen molar-refractivity contribution in [3.63, 3.8) is 0 Å². The molecule has 1 atom stereocenters. The molecule has 6 heteroatoms. The highest BCUT2D eigenvalue weighted by Gasteiger charge is 2.35. The summed E-state index contributed by atoms with van der Waals surface area (Å²) in [5.41, 5.74) is 1.38. The van der Waals surface area contributed by atoms with Crippen LogP contribution < -0.4 is 10.6 Å². The molecule has 3 aliphatic rings. The zero-order chi connectivity index (χ0) is 22.2. The molecule has 2 N–H and O–H groups in total. The second-order valence-electron chi connectivity index (χ2n) is 9.70. The lowest BCUT2D eigenvalue weighted by Gasteiger charge is -2.36. The number of ether oxygens (including phenoxy) is 1. The quantitative estimate of drug-likeness (QED) is 0.525. The number of guanidine groups is 1. The summed E-state index contributed by atoms with van der Waals surface area (Å²) in [6.07, 6.45) is 8.81. The van der Waals surface area contributed by atoms with Crippen molar-refractivity contribution in [1.82, 2.24) is 15.5 Å². The molecule has 1 aromatic carbocycles. The lowest BCUT2D eigenvalue weighted by Crippen LogP contribution is -2.46. The Morgan fingerprint density at radius 2 is 1.88 bits per heavy atom. The first kappa shape index (κ1) is 23.1. The molecule has 32 heavy (non-hydrogen) atoms. The Kier molecular flexibility index (Phi) is 8.06. The van der Waals surface area contributed by atoms with Gasteiger partial charge in [0.25, 0.3) is 0 Å². The molecule has 0 spiro atoms. The van der Waals surface area contributed by atoms with Gasteiger partial charge in [-0.3, -0.25) is 9.79 Å². The molecule has 0 aromatic heterocycles. The van der Waals surface area contributed by atoms with E-state index < -0.39 is 0 Å². The first-order chi connectivity index (χ1) is 15.7. The van der Waals surface area contributed by atoms with Gasteiger partial charge >= 0.3 is 0 Å². The van der Waals surface area contributed by atoms with Gasteiger partial charge in [0.15, 0.2) is 5.96 Å². The third kappa shape index (κ3) is 5.64. The van der Waals surface area contributed by atoms with Crippen molar-refractivity contribution in [3.8, 4) is 0 Å². The molecule has 2 aliphatic heterocycles. The van der Waals surface area contributed by atoms with E-state index in [1.54, 1.807) is 0 Å². The third-order valence-electron chi connectivity index (χ3n) is 7.52. The number of amides is 1. The van der Waals surface area contributed by atoms with Crippen molar-refractivity contribution in [2.75, 3.05) is 39.4 Å². The molecule has 176 valence electrons. The average Bonchev–Trinajstić information content (AvgIpc) is 3.32. The van der Waals surface area contributed by atoms with Crippen molar-refractivity contribution >= 4 is 11.9 Å². The smallest absolute Gasteiger partial charge is 0.225 e. The molecule has 1 aromatic rings. The van der Waals surface area contributed by atoms with Crippen LogP contribution in [0, 0.1) is 5.92 Å². The normalized spacial score (nSPS) is 24.3. The van der Waals surface area contributed by atoms with Gasteiger partial charge in [-0.15, -0.1) is 0 Å². The zero-order valence-corrected chi connectivity index (χ0v) is 19.7. The Morgan fingerprint density at radius 3 is 2.59 bits per heavy atom. The number of aliphatic imine (C=N–C) groups is 1. The Morgan fingerprint density at radius 1 is 1.12 bits per heavy atom. The molecule has 1 saturated carbocycles. The van der Waals surface area contributed by atoms with Crippen LogP contribution in [-0.2, 0) is 14.9 Å². The summed E-state index contributed by atoms with van der Waals surface area (Å²) in [5.74, 6) is 1.50. The fourth-order valence-electron chi connectivity index (χ4n) is 5.52. The topological polar surface area (TPSA) is 66.0 Å². The number of hydrogen-bond donors (Lipinski definition) is 2. The molecule has 4 rings (SSSR count). The van der Waals surface area contributed by atoms with Gasteiger partial charge in [-0.2, -0.15) is 0 Å². The van der Waals surface area contributed by atoms with E-state index in [4.69, 9.17) is 9.73 Å². The van der Waals surface area contributed by atoms with Crippen molar-refractivity contribution in [2.45, 2.75) is 69.7 Å². The summed E-state index contributed by atoms with van der Waals surface area (Å²) >= 11 is 0. The van der Waals surface area contributed by atoms with E-state index in [0.717, 1.165) is 77.5 Å². The number of nitrogens with zero attached hydrogens (tertiary/aromatic N) is 2. The first-order valence-electron chi connectivity index (χ1n) is 12.7. The molecular formula is C26H40N4O2. The van der Waals surface area contributed by atoms with Crippen molar-refractivity contribution in [1.29, 1.82) is 0 Å². The minimum Gasteiger partial charge on any atom is -0.381 e. The second-order valence-corrected chi connectivity index (χ2v) is 9.70. The number of carbonyl (C=O) groups excluding carboxylic acids is 1. The average molecular weight is 441 g/mol. The maximum atomic E-state index is 12.9. The highest BCUT2D eigenvalue weighted by Crippen LogP contribution is 2.35. The molecule has 6 nitrogen and oxygen atoms in total. The zero-order valence-electron chi connectivity index (χ0n) is 19.7. The van der Waals surface area contributed by atoms with Gasteiger partial charge in [0, 0.05) is 50.2 Å². The van der Waals surface area contributed by atoms with Crippen molar-refractivity contribution in [3.05, 3.63) is 35.9 Å². The van der Waals surface area contributed by atoms with Gasteiger partial charge in [-0.05, 0) is 44.6 Å². The van der Waals surface area contributed by atoms with Crippen molar-refractivity contribution in [2.24, 2.45) is 10.9 Å². The van der Waals surface area contributed by atoms with Gasteiger partial charge in [-0.1, -0.05) is 49.6 Å². The van der Waals surface area contributed by atoms with Gasteiger partial charge in [0.05, 0.1) is 6.54 Å². The van der Waals surface area contributed by atoms with Crippen LogP contribution in [0.5, 0.6) is 0 Å². The Balaban J connectivity index is 1.39. The molecule has 2 heterocycles. The van der Waals surface area contributed by atoms with Crippen LogP contribution in [0.3, 0.4) is 0 Å². The summed E-state index contributed by atoms with van der Waals surface area (Å²) in [4.78, 5) is 20.1. The maximum absolute atomic E-state index is 12.9. The molecule has 0 bridgehead atoms. The number of rotatable bonds is 6. The van der Waals surface area contributed by atoms with Crippen molar-refractivity contribution < 1.29 is 9.53 Å². The van der Waals surface area contributed by atoms with E-state index in [2.05, 4.69) is 52.8 Å². The second kappa shape index (κ2) is 11.2. The summed E-state index contributed by atoms with van der Waals surface area (Å²) in [6, 6.07) is 11.0. The number of benzene rings is 1. The summed E-state index contributed by atoms with van der Waals surface area (Å²) < 4.78 is 5.68. The SMILES string of the molecule is CCNC(=NCC1(c2ccccc2)CCOCC1)NC1CCN(C(=O)C2CCCCC2)C1. The van der Waals surface area contributed by atoms with E-state index in [1.165, 1.54) is 24.8 Å². The molecule has 3 fully saturated rings. The monoisotopic (exact) mass is 440 g/mol. The molecule has 2 saturated heterocycles. The number of carbonyl (C=O) groups is 1. The molecular weight excluding hydrogens is 400 g/mol. The fourth-order valence-corrected chi connectivity index (χ4v) is 5.52. The number of hydrogen-bond acceptors (Lipinski definition) is 3. The van der Waals surface area contributed by atoms with Crippen LogP contribution in [0.15, 0.2) is 35.3 Å². The standard InChI is InChI=1S/C26H40N4O2/c1-2-27-25(28-20-26(14-17-32-18-15-26)22-11-7-4-8-12-22)29-23-13-16-30(19-23)24(31)21-9-5-3-6-10-21/h4,7-8,11-12,21,23H,2-3,5-6,9-10,13-20H2,1H3,(H2,27,28,29). The lowest BCUT2D eigenvalue weighted by molar-refractivity contribution is -0.135. The predicted octanol–water partition coefficient (Wildman–Crippen LogP) is 3.47. The van der Waals surface area contributed by atoms with E-state index in [0.29, 0.717) is 5.91 Å². The molecule has 0 radical (unpaired) electrons. The highest BCUT2D eigenvalue weighted by molar-refractivity contribution is 5.81.